The lowest BCUT2D eigenvalue weighted by Gasteiger charge is -2.19. The number of amides is 2. The van der Waals surface area contributed by atoms with Crippen molar-refractivity contribution in [3.05, 3.63) is 65.7 Å². The molecule has 2 aromatic rings. The van der Waals surface area contributed by atoms with E-state index >= 15 is 0 Å². The van der Waals surface area contributed by atoms with Crippen molar-refractivity contribution in [2.45, 2.75) is 6.04 Å². The smallest absolute Gasteiger partial charge is 0.319 e. The lowest BCUT2D eigenvalue weighted by atomic mass is 10.1. The molecule has 5 nitrogen and oxygen atoms in total. The molecule has 0 radical (unpaired) electrons. The van der Waals surface area contributed by atoms with E-state index in [-0.39, 0.29) is 5.75 Å². The van der Waals surface area contributed by atoms with Crippen molar-refractivity contribution in [2.75, 3.05) is 17.3 Å². The summed E-state index contributed by atoms with van der Waals surface area (Å²) in [6, 6.07) is 14.7. The summed E-state index contributed by atoms with van der Waals surface area (Å²) in [5, 5.41) is 5.36. The molecular weight excluding hydrogens is 324 g/mol. The highest BCUT2D eigenvalue weighted by Crippen LogP contribution is 2.16. The number of sulfone groups is 1. The van der Waals surface area contributed by atoms with Crippen molar-refractivity contribution in [3.8, 4) is 12.3 Å². The minimum absolute atomic E-state index is 0.186. The van der Waals surface area contributed by atoms with E-state index in [1.165, 1.54) is 0 Å². The Morgan fingerprint density at radius 2 is 1.88 bits per heavy atom. The number of carbonyl (C=O) groups is 1. The third kappa shape index (κ3) is 5.45. The number of terminal acetylenes is 1. The Hall–Kier alpha value is -2.78. The van der Waals surface area contributed by atoms with Crippen molar-refractivity contribution in [1.29, 1.82) is 0 Å². The van der Waals surface area contributed by atoms with Gasteiger partial charge >= 0.3 is 6.03 Å². The van der Waals surface area contributed by atoms with Gasteiger partial charge in [-0.2, -0.15) is 0 Å². The number of anilines is 1. The molecule has 2 amide bonds. The minimum atomic E-state index is -3.27. The molecule has 0 saturated carbocycles. The standard InChI is InChI=1S/C18H18N2O3S/c1-3-14-8-7-11-16(12-14)19-18(21)20-17(13-24(2,22)23)15-9-5-4-6-10-15/h1,4-12,17H,13H2,2H3,(H2,19,20,21)/t17-/m1/s1. The van der Waals surface area contributed by atoms with E-state index in [1.807, 2.05) is 6.07 Å². The zero-order valence-electron chi connectivity index (χ0n) is 13.2. The summed E-state index contributed by atoms with van der Waals surface area (Å²) in [4.78, 5) is 12.2. The molecule has 0 aromatic heterocycles. The van der Waals surface area contributed by atoms with E-state index in [4.69, 9.17) is 6.42 Å². The summed E-state index contributed by atoms with van der Waals surface area (Å²) in [6.07, 6.45) is 6.47. The molecule has 0 spiro atoms. The van der Waals surface area contributed by atoms with Gasteiger partial charge in [-0.25, -0.2) is 13.2 Å². The van der Waals surface area contributed by atoms with Crippen LogP contribution in [0.3, 0.4) is 0 Å². The number of benzene rings is 2. The van der Waals surface area contributed by atoms with Gasteiger partial charge in [-0.15, -0.1) is 6.42 Å². The van der Waals surface area contributed by atoms with Crippen LogP contribution < -0.4 is 10.6 Å². The van der Waals surface area contributed by atoms with Crippen molar-refractivity contribution >= 4 is 21.6 Å². The number of nitrogens with one attached hydrogen (secondary N) is 2. The molecule has 1 atom stereocenters. The summed E-state index contributed by atoms with van der Waals surface area (Å²) >= 11 is 0. The van der Waals surface area contributed by atoms with E-state index in [2.05, 4.69) is 16.6 Å². The van der Waals surface area contributed by atoms with Crippen molar-refractivity contribution in [1.82, 2.24) is 5.32 Å². The van der Waals surface area contributed by atoms with Crippen LogP contribution in [-0.4, -0.2) is 26.5 Å². The zero-order chi connectivity index (χ0) is 17.6. The Morgan fingerprint density at radius 3 is 2.50 bits per heavy atom. The fourth-order valence-corrected chi connectivity index (χ4v) is 3.10. The topological polar surface area (TPSA) is 75.3 Å². The highest BCUT2D eigenvalue weighted by atomic mass is 32.2. The zero-order valence-corrected chi connectivity index (χ0v) is 14.0. The first-order valence-electron chi connectivity index (χ1n) is 7.24. The molecule has 0 heterocycles. The summed E-state index contributed by atoms with van der Waals surface area (Å²) in [7, 11) is -3.27. The third-order valence-electron chi connectivity index (χ3n) is 3.26. The summed E-state index contributed by atoms with van der Waals surface area (Å²) < 4.78 is 23.3. The molecule has 0 aliphatic heterocycles. The van der Waals surface area contributed by atoms with Crippen LogP contribution in [0.4, 0.5) is 10.5 Å². The van der Waals surface area contributed by atoms with Crippen LogP contribution in [0.5, 0.6) is 0 Å². The van der Waals surface area contributed by atoms with E-state index < -0.39 is 21.9 Å². The molecule has 24 heavy (non-hydrogen) atoms. The summed E-state index contributed by atoms with van der Waals surface area (Å²) in [6.45, 7) is 0. The van der Waals surface area contributed by atoms with Gasteiger partial charge in [-0.05, 0) is 23.8 Å². The maximum Gasteiger partial charge on any atom is 0.319 e. The predicted molar refractivity (Wildman–Crippen MR) is 95.4 cm³/mol. The van der Waals surface area contributed by atoms with E-state index in [9.17, 15) is 13.2 Å². The number of hydrogen-bond donors (Lipinski definition) is 2. The molecular formula is C18H18N2O3S. The Kier molecular flexibility index (Phi) is 5.61. The molecule has 2 rings (SSSR count). The van der Waals surface area contributed by atoms with Gasteiger partial charge in [0.05, 0.1) is 11.8 Å². The molecule has 0 fully saturated rings. The number of hydrogen-bond acceptors (Lipinski definition) is 3. The van der Waals surface area contributed by atoms with E-state index in [0.29, 0.717) is 11.3 Å². The summed E-state index contributed by atoms with van der Waals surface area (Å²) in [5.74, 6) is 2.30. The van der Waals surface area contributed by atoms with Crippen molar-refractivity contribution in [3.63, 3.8) is 0 Å². The largest absolute Gasteiger partial charge is 0.330 e. The number of urea groups is 1. The Bertz CT molecular complexity index is 855. The monoisotopic (exact) mass is 342 g/mol. The van der Waals surface area contributed by atoms with E-state index in [1.54, 1.807) is 48.5 Å². The number of rotatable bonds is 5. The SMILES string of the molecule is C#Cc1cccc(NC(=O)N[C@H](CS(C)(=O)=O)c2ccccc2)c1. The molecule has 6 heteroatoms. The van der Waals surface area contributed by atoms with Gasteiger partial charge in [0.1, 0.15) is 9.84 Å². The fraction of sp³-hybridized carbons (Fsp3) is 0.167. The van der Waals surface area contributed by atoms with Crippen LogP contribution in [0.15, 0.2) is 54.6 Å². The van der Waals surface area contributed by atoms with Crippen LogP contribution in [0.2, 0.25) is 0 Å². The van der Waals surface area contributed by atoms with Gasteiger partial charge in [-0.3, -0.25) is 0 Å². The Morgan fingerprint density at radius 1 is 1.17 bits per heavy atom. The molecule has 0 aliphatic rings. The quantitative estimate of drug-likeness (QED) is 0.820. The number of carbonyl (C=O) groups excluding carboxylic acids is 1. The molecule has 0 unspecified atom stereocenters. The molecule has 0 bridgehead atoms. The van der Waals surface area contributed by atoms with Gasteiger partial charge in [0.25, 0.3) is 0 Å². The average molecular weight is 342 g/mol. The van der Waals surface area contributed by atoms with Crippen LogP contribution in [0.25, 0.3) is 0 Å². The molecule has 2 aromatic carbocycles. The maximum absolute atomic E-state index is 12.2. The maximum atomic E-state index is 12.2. The predicted octanol–water partition coefficient (Wildman–Crippen LogP) is 2.58. The molecule has 0 aliphatic carbocycles. The second kappa shape index (κ2) is 7.66. The fourth-order valence-electron chi connectivity index (χ4n) is 2.22. The first kappa shape index (κ1) is 17.6. The van der Waals surface area contributed by atoms with Gasteiger partial charge in [0, 0.05) is 17.5 Å². The van der Waals surface area contributed by atoms with Gasteiger partial charge in [0.15, 0.2) is 0 Å². The Balaban J connectivity index is 2.14. The van der Waals surface area contributed by atoms with Gasteiger partial charge in [-0.1, -0.05) is 42.3 Å². The average Bonchev–Trinajstić information content (AvgIpc) is 2.54. The minimum Gasteiger partial charge on any atom is -0.330 e. The second-order valence-electron chi connectivity index (χ2n) is 5.38. The highest BCUT2D eigenvalue weighted by Gasteiger charge is 2.19. The van der Waals surface area contributed by atoms with E-state index in [0.717, 1.165) is 11.8 Å². The first-order valence-corrected chi connectivity index (χ1v) is 9.30. The normalized spacial score (nSPS) is 12.0. The lowest BCUT2D eigenvalue weighted by Crippen LogP contribution is -2.36. The lowest BCUT2D eigenvalue weighted by molar-refractivity contribution is 0.249. The van der Waals surface area contributed by atoms with Gasteiger partial charge in [0.2, 0.25) is 0 Å². The first-order chi connectivity index (χ1) is 11.4. The molecule has 0 saturated heterocycles. The summed E-state index contributed by atoms with van der Waals surface area (Å²) in [5.41, 5.74) is 1.90. The van der Waals surface area contributed by atoms with Crippen LogP contribution in [-0.2, 0) is 9.84 Å². The molecule has 2 N–H and O–H groups in total. The van der Waals surface area contributed by atoms with Crippen molar-refractivity contribution < 1.29 is 13.2 Å². The van der Waals surface area contributed by atoms with Gasteiger partial charge < -0.3 is 10.6 Å². The Labute approximate surface area is 142 Å². The van der Waals surface area contributed by atoms with Crippen LogP contribution in [0, 0.1) is 12.3 Å². The van der Waals surface area contributed by atoms with Crippen molar-refractivity contribution in [2.24, 2.45) is 0 Å². The molecule has 124 valence electrons. The highest BCUT2D eigenvalue weighted by molar-refractivity contribution is 7.90. The third-order valence-corrected chi connectivity index (χ3v) is 4.20. The van der Waals surface area contributed by atoms with Crippen LogP contribution >= 0.6 is 0 Å². The van der Waals surface area contributed by atoms with Crippen LogP contribution in [0.1, 0.15) is 17.2 Å². The second-order valence-corrected chi connectivity index (χ2v) is 7.56.